The Kier molecular flexibility index (Phi) is 5.14. The van der Waals surface area contributed by atoms with Gasteiger partial charge in [-0.2, -0.15) is 0 Å². The fourth-order valence-electron chi connectivity index (χ4n) is 2.00. The Hall–Kier alpha value is -1.40. The first-order chi connectivity index (χ1) is 9.59. The largest absolute Gasteiger partial charge is 0.378 e. The molecule has 2 rings (SSSR count). The monoisotopic (exact) mass is 298 g/mol. The molecule has 1 saturated heterocycles. The molecule has 1 N–H and O–H groups in total. The smallest absolute Gasteiger partial charge is 0.224 e. The van der Waals surface area contributed by atoms with Crippen molar-refractivity contribution in [3.63, 3.8) is 0 Å². The third-order valence-electron chi connectivity index (χ3n) is 3.46. The van der Waals surface area contributed by atoms with E-state index in [0.717, 1.165) is 11.1 Å². The Morgan fingerprint density at radius 1 is 1.30 bits per heavy atom. The zero-order valence-corrected chi connectivity index (χ0v) is 12.5. The number of halogens is 1. The molecule has 1 fully saturated rings. The van der Waals surface area contributed by atoms with Gasteiger partial charge in [-0.25, -0.2) is 0 Å². The van der Waals surface area contributed by atoms with Crippen molar-refractivity contribution in [2.75, 3.05) is 38.2 Å². The van der Waals surface area contributed by atoms with Crippen molar-refractivity contribution in [2.45, 2.75) is 20.3 Å². The number of carbonyl (C=O) groups is 1. The quantitative estimate of drug-likeness (QED) is 0.910. The van der Waals surface area contributed by atoms with Gasteiger partial charge in [0.05, 0.1) is 13.2 Å². The highest BCUT2D eigenvalue weighted by atomic mass is 35.5. The summed E-state index contributed by atoms with van der Waals surface area (Å²) in [7, 11) is 0. The summed E-state index contributed by atoms with van der Waals surface area (Å²) in [6, 6.07) is 0. The van der Waals surface area contributed by atoms with Crippen LogP contribution < -0.4 is 5.32 Å². The molecule has 1 amide bonds. The SMILES string of the molecule is Cc1c(Cl)nnc(NCCC(=O)N2CCOCC2)c1C. The van der Waals surface area contributed by atoms with Crippen LogP contribution in [0.3, 0.4) is 0 Å². The molecule has 1 aromatic heterocycles. The van der Waals surface area contributed by atoms with Gasteiger partial charge in [-0.15, -0.1) is 10.2 Å². The topological polar surface area (TPSA) is 67.4 Å². The van der Waals surface area contributed by atoms with Crippen LogP contribution in [-0.4, -0.2) is 53.9 Å². The van der Waals surface area contributed by atoms with Gasteiger partial charge in [0.2, 0.25) is 5.91 Å². The van der Waals surface area contributed by atoms with Crippen LogP contribution in [0.15, 0.2) is 0 Å². The summed E-state index contributed by atoms with van der Waals surface area (Å²) in [5, 5.41) is 11.4. The molecule has 1 aliphatic rings. The number of hydrogen-bond donors (Lipinski definition) is 1. The predicted molar refractivity (Wildman–Crippen MR) is 77.0 cm³/mol. The lowest BCUT2D eigenvalue weighted by Crippen LogP contribution is -2.41. The molecule has 0 unspecified atom stereocenters. The van der Waals surface area contributed by atoms with E-state index in [0.29, 0.717) is 50.2 Å². The first-order valence-electron chi connectivity index (χ1n) is 6.68. The maximum Gasteiger partial charge on any atom is 0.224 e. The molecule has 0 saturated carbocycles. The first kappa shape index (κ1) is 15.0. The third-order valence-corrected chi connectivity index (χ3v) is 3.82. The second-order valence-electron chi connectivity index (χ2n) is 4.76. The van der Waals surface area contributed by atoms with Gasteiger partial charge in [-0.3, -0.25) is 4.79 Å². The van der Waals surface area contributed by atoms with Crippen molar-refractivity contribution in [1.82, 2.24) is 15.1 Å². The molecule has 7 heteroatoms. The van der Waals surface area contributed by atoms with Crippen molar-refractivity contribution in [2.24, 2.45) is 0 Å². The normalized spacial score (nSPS) is 15.2. The number of ether oxygens (including phenoxy) is 1. The summed E-state index contributed by atoms with van der Waals surface area (Å²) < 4.78 is 5.22. The van der Waals surface area contributed by atoms with E-state index in [2.05, 4.69) is 15.5 Å². The maximum absolute atomic E-state index is 12.0. The summed E-state index contributed by atoms with van der Waals surface area (Å²) in [4.78, 5) is 13.8. The number of morpholine rings is 1. The number of aromatic nitrogens is 2. The van der Waals surface area contributed by atoms with Gasteiger partial charge in [0, 0.05) is 26.1 Å². The van der Waals surface area contributed by atoms with E-state index in [1.54, 1.807) is 0 Å². The standard InChI is InChI=1S/C13H19ClN4O2/c1-9-10(2)13(17-16-12(9)14)15-4-3-11(19)18-5-7-20-8-6-18/h3-8H2,1-2H3,(H,15,17). The molecular weight excluding hydrogens is 280 g/mol. The minimum absolute atomic E-state index is 0.136. The minimum Gasteiger partial charge on any atom is -0.378 e. The van der Waals surface area contributed by atoms with Crippen LogP contribution in [0.4, 0.5) is 5.82 Å². The van der Waals surface area contributed by atoms with Crippen LogP contribution in [0, 0.1) is 13.8 Å². The van der Waals surface area contributed by atoms with E-state index >= 15 is 0 Å². The highest BCUT2D eigenvalue weighted by molar-refractivity contribution is 6.30. The van der Waals surface area contributed by atoms with Gasteiger partial charge in [0.25, 0.3) is 0 Å². The van der Waals surface area contributed by atoms with Gasteiger partial charge >= 0.3 is 0 Å². The van der Waals surface area contributed by atoms with Crippen LogP contribution in [0.25, 0.3) is 0 Å². The van der Waals surface area contributed by atoms with Crippen LogP contribution >= 0.6 is 11.6 Å². The second-order valence-corrected chi connectivity index (χ2v) is 5.12. The number of anilines is 1. The zero-order valence-electron chi connectivity index (χ0n) is 11.8. The molecule has 6 nitrogen and oxygen atoms in total. The summed E-state index contributed by atoms with van der Waals surface area (Å²) in [5.74, 6) is 0.818. The number of amides is 1. The average Bonchev–Trinajstić information content (AvgIpc) is 2.48. The lowest BCUT2D eigenvalue weighted by molar-refractivity contribution is -0.134. The Bertz CT molecular complexity index is 490. The molecule has 20 heavy (non-hydrogen) atoms. The number of carbonyl (C=O) groups excluding carboxylic acids is 1. The Morgan fingerprint density at radius 3 is 2.70 bits per heavy atom. The number of nitrogens with zero attached hydrogens (tertiary/aromatic N) is 3. The van der Waals surface area contributed by atoms with Crippen LogP contribution in [0.1, 0.15) is 17.5 Å². The Labute approximate surface area is 123 Å². The van der Waals surface area contributed by atoms with E-state index in [4.69, 9.17) is 16.3 Å². The van der Waals surface area contributed by atoms with E-state index in [1.807, 2.05) is 18.7 Å². The highest BCUT2D eigenvalue weighted by Gasteiger charge is 2.16. The highest BCUT2D eigenvalue weighted by Crippen LogP contribution is 2.20. The molecule has 0 bridgehead atoms. The van der Waals surface area contributed by atoms with Crippen LogP contribution in [0.2, 0.25) is 5.15 Å². The molecule has 1 aromatic rings. The molecule has 0 radical (unpaired) electrons. The molecule has 0 atom stereocenters. The fraction of sp³-hybridized carbons (Fsp3) is 0.615. The molecule has 0 aromatic carbocycles. The second kappa shape index (κ2) is 6.85. The van der Waals surface area contributed by atoms with Gasteiger partial charge in [-0.1, -0.05) is 11.6 Å². The molecular formula is C13H19ClN4O2. The van der Waals surface area contributed by atoms with Crippen molar-refractivity contribution in [1.29, 1.82) is 0 Å². The lowest BCUT2D eigenvalue weighted by atomic mass is 10.2. The maximum atomic E-state index is 12.0. The van der Waals surface area contributed by atoms with Gasteiger partial charge in [0.1, 0.15) is 0 Å². The summed E-state index contributed by atoms with van der Waals surface area (Å²) in [6.07, 6.45) is 0.433. The van der Waals surface area contributed by atoms with Gasteiger partial charge in [0.15, 0.2) is 11.0 Å². The Morgan fingerprint density at radius 2 is 2.00 bits per heavy atom. The summed E-state index contributed by atoms with van der Waals surface area (Å²) in [5.41, 5.74) is 1.87. The van der Waals surface area contributed by atoms with Crippen molar-refractivity contribution >= 4 is 23.3 Å². The molecule has 1 aliphatic heterocycles. The Balaban J connectivity index is 1.83. The molecule has 0 aliphatic carbocycles. The fourth-order valence-corrected chi connectivity index (χ4v) is 2.18. The number of rotatable bonds is 4. The van der Waals surface area contributed by atoms with Gasteiger partial charge in [-0.05, 0) is 25.0 Å². The molecule has 2 heterocycles. The summed E-state index contributed by atoms with van der Waals surface area (Å²) in [6.45, 7) is 6.97. The van der Waals surface area contributed by atoms with Crippen molar-refractivity contribution < 1.29 is 9.53 Å². The molecule has 0 spiro atoms. The molecule has 110 valence electrons. The number of nitrogens with one attached hydrogen (secondary N) is 1. The van der Waals surface area contributed by atoms with E-state index in [-0.39, 0.29) is 5.91 Å². The van der Waals surface area contributed by atoms with Crippen LogP contribution in [-0.2, 0) is 9.53 Å². The van der Waals surface area contributed by atoms with E-state index in [1.165, 1.54) is 0 Å². The van der Waals surface area contributed by atoms with E-state index < -0.39 is 0 Å². The minimum atomic E-state index is 0.136. The third kappa shape index (κ3) is 3.58. The average molecular weight is 299 g/mol. The lowest BCUT2D eigenvalue weighted by Gasteiger charge is -2.26. The van der Waals surface area contributed by atoms with E-state index in [9.17, 15) is 4.79 Å². The first-order valence-corrected chi connectivity index (χ1v) is 7.06. The van der Waals surface area contributed by atoms with Crippen molar-refractivity contribution in [3.8, 4) is 0 Å². The van der Waals surface area contributed by atoms with Gasteiger partial charge < -0.3 is 15.0 Å². The number of hydrogen-bond acceptors (Lipinski definition) is 5. The predicted octanol–water partition coefficient (Wildman–Crippen LogP) is 1.41. The van der Waals surface area contributed by atoms with Crippen molar-refractivity contribution in [3.05, 3.63) is 16.3 Å². The van der Waals surface area contributed by atoms with Crippen LogP contribution in [0.5, 0.6) is 0 Å². The summed E-state index contributed by atoms with van der Waals surface area (Å²) >= 11 is 5.90. The zero-order chi connectivity index (χ0) is 14.5.